The molecule has 0 aliphatic rings. The van der Waals surface area contributed by atoms with E-state index in [0.717, 1.165) is 22.6 Å². The van der Waals surface area contributed by atoms with Crippen molar-refractivity contribution < 1.29 is 0 Å². The van der Waals surface area contributed by atoms with Crippen LogP contribution in [0.1, 0.15) is 0 Å². The van der Waals surface area contributed by atoms with Gasteiger partial charge in [-0.25, -0.2) is 9.36 Å². The Labute approximate surface area is 104 Å². The lowest BCUT2D eigenvalue weighted by molar-refractivity contribution is 0.672. The van der Waals surface area contributed by atoms with Crippen LogP contribution in [0.5, 0.6) is 0 Å². The number of aromatic nitrogens is 5. The van der Waals surface area contributed by atoms with Crippen molar-refractivity contribution in [1.29, 1.82) is 0 Å². The van der Waals surface area contributed by atoms with Gasteiger partial charge in [0, 0.05) is 30.1 Å². The number of nitrogens with zero attached hydrogens (tertiary/aromatic N) is 5. The third-order valence-corrected chi connectivity index (χ3v) is 2.78. The van der Waals surface area contributed by atoms with Crippen LogP contribution in [0.3, 0.4) is 0 Å². The molecular weight excluding hydrogens is 228 g/mol. The van der Waals surface area contributed by atoms with E-state index in [1.165, 1.54) is 0 Å². The number of nitrogen functional groups attached to an aromatic ring is 1. The number of nitrogens with two attached hydrogens (primary N) is 1. The van der Waals surface area contributed by atoms with Gasteiger partial charge in [-0.2, -0.15) is 5.10 Å². The SMILES string of the molecule is Cn1nncc1-n1cc(-c2ccccc2N)cn1. The summed E-state index contributed by atoms with van der Waals surface area (Å²) < 4.78 is 3.38. The molecule has 2 N–H and O–H groups in total. The van der Waals surface area contributed by atoms with Crippen molar-refractivity contribution in [3.8, 4) is 16.9 Å². The van der Waals surface area contributed by atoms with Crippen molar-refractivity contribution in [2.75, 3.05) is 5.73 Å². The quantitative estimate of drug-likeness (QED) is 0.684. The molecule has 3 rings (SSSR count). The summed E-state index contributed by atoms with van der Waals surface area (Å²) in [5.41, 5.74) is 8.62. The van der Waals surface area contributed by atoms with Crippen molar-refractivity contribution in [3.63, 3.8) is 0 Å². The van der Waals surface area contributed by atoms with E-state index in [1.54, 1.807) is 21.8 Å². The molecular formula is C12H12N6. The molecule has 2 aromatic heterocycles. The van der Waals surface area contributed by atoms with Gasteiger partial charge in [-0.15, -0.1) is 5.10 Å². The standard InChI is InChI=1S/C12H12N6/c1-17-12(7-14-16-17)18-8-9(6-15-18)10-4-2-3-5-11(10)13/h2-8H,13H2,1H3. The normalized spacial score (nSPS) is 10.7. The molecule has 0 aliphatic carbocycles. The average molecular weight is 240 g/mol. The zero-order valence-electron chi connectivity index (χ0n) is 9.85. The van der Waals surface area contributed by atoms with Gasteiger partial charge in [0.15, 0.2) is 5.82 Å². The molecule has 0 fully saturated rings. The first-order valence-electron chi connectivity index (χ1n) is 5.50. The Morgan fingerprint density at radius 2 is 2.00 bits per heavy atom. The molecule has 18 heavy (non-hydrogen) atoms. The molecule has 3 aromatic rings. The van der Waals surface area contributed by atoms with E-state index < -0.39 is 0 Å². The molecule has 1 aromatic carbocycles. The molecule has 0 spiro atoms. The molecule has 0 atom stereocenters. The van der Waals surface area contributed by atoms with Crippen LogP contribution in [0.4, 0.5) is 5.69 Å². The van der Waals surface area contributed by atoms with E-state index >= 15 is 0 Å². The van der Waals surface area contributed by atoms with Crippen LogP contribution < -0.4 is 5.73 Å². The van der Waals surface area contributed by atoms with Gasteiger partial charge >= 0.3 is 0 Å². The largest absolute Gasteiger partial charge is 0.398 e. The van der Waals surface area contributed by atoms with Gasteiger partial charge < -0.3 is 5.73 Å². The Hall–Kier alpha value is -2.63. The van der Waals surface area contributed by atoms with E-state index in [9.17, 15) is 0 Å². The third-order valence-electron chi connectivity index (χ3n) is 2.78. The highest BCUT2D eigenvalue weighted by molar-refractivity contribution is 5.75. The van der Waals surface area contributed by atoms with Crippen molar-refractivity contribution in [2.45, 2.75) is 0 Å². The van der Waals surface area contributed by atoms with E-state index in [1.807, 2.05) is 37.5 Å². The number of hydrogen-bond donors (Lipinski definition) is 1. The van der Waals surface area contributed by atoms with E-state index in [-0.39, 0.29) is 0 Å². The van der Waals surface area contributed by atoms with Gasteiger partial charge in [0.05, 0.1) is 12.4 Å². The summed E-state index contributed by atoms with van der Waals surface area (Å²) in [5.74, 6) is 0.802. The minimum atomic E-state index is 0.736. The molecule has 0 aliphatic heterocycles. The highest BCUT2D eigenvalue weighted by atomic mass is 15.5. The predicted molar refractivity (Wildman–Crippen MR) is 68.0 cm³/mol. The molecule has 90 valence electrons. The number of rotatable bonds is 2. The first-order chi connectivity index (χ1) is 8.75. The summed E-state index contributed by atoms with van der Waals surface area (Å²) in [6.07, 6.45) is 5.34. The second-order valence-electron chi connectivity index (χ2n) is 3.98. The topological polar surface area (TPSA) is 74.5 Å². The van der Waals surface area contributed by atoms with Crippen LogP contribution in [-0.4, -0.2) is 24.8 Å². The summed E-state index contributed by atoms with van der Waals surface area (Å²) in [5, 5.41) is 12.0. The Kier molecular flexibility index (Phi) is 2.33. The maximum absolute atomic E-state index is 5.94. The number of aryl methyl sites for hydroxylation is 1. The van der Waals surface area contributed by atoms with E-state index in [0.29, 0.717) is 0 Å². The Morgan fingerprint density at radius 1 is 1.17 bits per heavy atom. The van der Waals surface area contributed by atoms with Gasteiger partial charge in [-0.1, -0.05) is 23.4 Å². The minimum absolute atomic E-state index is 0.736. The van der Waals surface area contributed by atoms with Crippen LogP contribution in [0.25, 0.3) is 16.9 Å². The predicted octanol–water partition coefficient (Wildman–Crippen LogP) is 1.25. The van der Waals surface area contributed by atoms with Crippen LogP contribution in [0.2, 0.25) is 0 Å². The van der Waals surface area contributed by atoms with Crippen molar-refractivity contribution >= 4 is 5.69 Å². The lowest BCUT2D eigenvalue weighted by atomic mass is 10.1. The van der Waals surface area contributed by atoms with Gasteiger partial charge in [0.25, 0.3) is 0 Å². The maximum atomic E-state index is 5.94. The van der Waals surface area contributed by atoms with Crippen molar-refractivity contribution in [1.82, 2.24) is 24.8 Å². The second kappa shape index (κ2) is 3.99. The average Bonchev–Trinajstić information content (AvgIpc) is 2.98. The number of para-hydroxylation sites is 1. The molecule has 0 bridgehead atoms. The maximum Gasteiger partial charge on any atom is 0.171 e. The summed E-state index contributed by atoms with van der Waals surface area (Å²) in [4.78, 5) is 0. The van der Waals surface area contributed by atoms with E-state index in [4.69, 9.17) is 5.73 Å². The first-order valence-corrected chi connectivity index (χ1v) is 5.50. The molecule has 0 saturated carbocycles. The zero-order chi connectivity index (χ0) is 12.5. The molecule has 0 amide bonds. The molecule has 6 nitrogen and oxygen atoms in total. The van der Waals surface area contributed by atoms with Crippen molar-refractivity contribution in [3.05, 3.63) is 42.9 Å². The molecule has 2 heterocycles. The highest BCUT2D eigenvalue weighted by Gasteiger charge is 2.08. The number of hydrogen-bond acceptors (Lipinski definition) is 4. The number of anilines is 1. The van der Waals surface area contributed by atoms with Crippen LogP contribution in [0, 0.1) is 0 Å². The number of benzene rings is 1. The van der Waals surface area contributed by atoms with Crippen molar-refractivity contribution in [2.24, 2.45) is 7.05 Å². The summed E-state index contributed by atoms with van der Waals surface area (Å²) in [6.45, 7) is 0. The third kappa shape index (κ3) is 1.64. The monoisotopic (exact) mass is 240 g/mol. The van der Waals surface area contributed by atoms with E-state index in [2.05, 4.69) is 15.4 Å². The van der Waals surface area contributed by atoms with Gasteiger partial charge in [0.2, 0.25) is 0 Å². The summed E-state index contributed by atoms with van der Waals surface area (Å²) in [6, 6.07) is 7.71. The highest BCUT2D eigenvalue weighted by Crippen LogP contribution is 2.25. The van der Waals surface area contributed by atoms with Crippen LogP contribution >= 0.6 is 0 Å². The Bertz CT molecular complexity index is 681. The fourth-order valence-electron chi connectivity index (χ4n) is 1.84. The summed E-state index contributed by atoms with van der Waals surface area (Å²) >= 11 is 0. The zero-order valence-corrected chi connectivity index (χ0v) is 9.85. The molecule has 6 heteroatoms. The fourth-order valence-corrected chi connectivity index (χ4v) is 1.84. The Balaban J connectivity index is 2.05. The smallest absolute Gasteiger partial charge is 0.171 e. The fraction of sp³-hybridized carbons (Fsp3) is 0.0833. The van der Waals surface area contributed by atoms with Gasteiger partial charge in [0.1, 0.15) is 0 Å². The lowest BCUT2D eigenvalue weighted by Gasteiger charge is -2.01. The second-order valence-corrected chi connectivity index (χ2v) is 3.98. The van der Waals surface area contributed by atoms with Gasteiger partial charge in [-0.05, 0) is 6.07 Å². The Morgan fingerprint density at radius 3 is 2.72 bits per heavy atom. The molecule has 0 radical (unpaired) electrons. The van der Waals surface area contributed by atoms with Crippen LogP contribution in [-0.2, 0) is 7.05 Å². The summed E-state index contributed by atoms with van der Waals surface area (Å²) in [7, 11) is 1.82. The lowest BCUT2D eigenvalue weighted by Crippen LogP contribution is -2.02. The first kappa shape index (κ1) is 10.5. The minimum Gasteiger partial charge on any atom is -0.398 e. The van der Waals surface area contributed by atoms with Crippen LogP contribution in [0.15, 0.2) is 42.9 Å². The molecule has 0 saturated heterocycles. The van der Waals surface area contributed by atoms with Gasteiger partial charge in [-0.3, -0.25) is 0 Å². The molecule has 0 unspecified atom stereocenters.